The molecule has 1 aliphatic carbocycles. The summed E-state index contributed by atoms with van der Waals surface area (Å²) in [5, 5.41) is 24.3. The third kappa shape index (κ3) is 15.8. The number of nitrogens with one attached hydrogen (secondary N) is 1. The molecule has 4 aromatic rings. The van der Waals surface area contributed by atoms with Crippen molar-refractivity contribution in [2.24, 2.45) is 27.3 Å². The molecular formula is C64H94N10O4S. The van der Waals surface area contributed by atoms with E-state index in [1.54, 1.807) is 11.8 Å². The molecule has 3 amide bonds. The zero-order chi connectivity index (χ0) is 58.0. The molecule has 5 unspecified atom stereocenters. The quantitative estimate of drug-likeness (QED) is 0.153. The number of para-hydroxylation sites is 1. The third-order valence-corrected chi connectivity index (χ3v) is 16.2. The van der Waals surface area contributed by atoms with Crippen molar-refractivity contribution in [3.63, 3.8) is 0 Å². The number of imide groups is 1. The molecule has 1 N–H and O–H groups in total. The number of thioether (sulfide) groups is 1. The number of carbonyl (C=O) groups excluding carboxylic acids is 3. The summed E-state index contributed by atoms with van der Waals surface area (Å²) in [6, 6.07) is 26.1. The van der Waals surface area contributed by atoms with E-state index in [0.717, 1.165) is 48.2 Å². The van der Waals surface area contributed by atoms with Gasteiger partial charge in [-0.1, -0.05) is 139 Å². The van der Waals surface area contributed by atoms with Gasteiger partial charge in [0.1, 0.15) is 12.1 Å². The molecule has 1 saturated heterocycles. The first-order valence-electron chi connectivity index (χ1n) is 29.2. The highest BCUT2D eigenvalue weighted by Crippen LogP contribution is 2.49. The fourth-order valence-electron chi connectivity index (χ4n) is 10.8. The van der Waals surface area contributed by atoms with Crippen molar-refractivity contribution in [1.82, 2.24) is 30.3 Å². The lowest BCUT2D eigenvalue weighted by molar-refractivity contribution is -0.140. The van der Waals surface area contributed by atoms with Crippen LogP contribution < -0.4 is 10.3 Å². The van der Waals surface area contributed by atoms with Gasteiger partial charge in [0.15, 0.2) is 0 Å². The van der Waals surface area contributed by atoms with Crippen LogP contribution in [0.3, 0.4) is 0 Å². The molecule has 0 radical (unpaired) electrons. The van der Waals surface area contributed by atoms with Gasteiger partial charge >= 0.3 is 0 Å². The number of allylic oxidation sites excluding steroid dienone is 2. The Balaban J connectivity index is 0.000000181. The molecule has 14 nitrogen and oxygen atoms in total. The molecule has 79 heavy (non-hydrogen) atoms. The zero-order valence-electron chi connectivity index (χ0n) is 50.9. The Morgan fingerprint density at radius 1 is 0.785 bits per heavy atom. The van der Waals surface area contributed by atoms with Crippen molar-refractivity contribution in [3.8, 4) is 0 Å². The number of hydrazone groups is 1. The van der Waals surface area contributed by atoms with Crippen LogP contribution in [-0.2, 0) is 31.1 Å². The smallest absolute Gasteiger partial charge is 0.243 e. The summed E-state index contributed by atoms with van der Waals surface area (Å²) < 4.78 is 8.01. The average Bonchev–Trinajstić information content (AvgIpc) is 4.38. The maximum atomic E-state index is 13.1. The monoisotopic (exact) mass is 1100 g/mol. The first-order chi connectivity index (χ1) is 37.3. The molecular weight excluding hydrogens is 1000 g/mol. The number of hydrogen-bond donors (Lipinski definition) is 1. The van der Waals surface area contributed by atoms with Crippen LogP contribution in [0.4, 0.5) is 5.69 Å². The number of fused-ring (bicyclic) bond motifs is 6. The van der Waals surface area contributed by atoms with Crippen LogP contribution in [0.1, 0.15) is 221 Å². The number of carbonyl (C=O) groups is 3. The third-order valence-electron chi connectivity index (χ3n) is 15.0. The fraction of sp³-hybridized carbons (Fsp3) is 0.594. The lowest BCUT2D eigenvalue weighted by Crippen LogP contribution is -2.38. The normalized spacial score (nSPS) is 21.1. The second-order valence-electron chi connectivity index (χ2n) is 24.8. The molecule has 5 heterocycles. The highest BCUT2D eigenvalue weighted by Gasteiger charge is 2.42. The number of rotatable bonds is 10. The van der Waals surface area contributed by atoms with Crippen molar-refractivity contribution >= 4 is 40.9 Å². The van der Waals surface area contributed by atoms with Gasteiger partial charge in [-0.2, -0.15) is 10.2 Å². The van der Waals surface area contributed by atoms with Gasteiger partial charge in [0.2, 0.25) is 17.7 Å². The molecule has 0 spiro atoms. The molecule has 4 aliphatic heterocycles. The number of aromatic nitrogens is 3. The van der Waals surface area contributed by atoms with Crippen molar-refractivity contribution in [2.45, 2.75) is 234 Å². The van der Waals surface area contributed by atoms with Crippen LogP contribution >= 0.6 is 11.8 Å². The number of amides is 3. The lowest BCUT2D eigenvalue weighted by Gasteiger charge is -2.36. The minimum Gasteiger partial charge on any atom is -0.376 e. The standard InChI is InChI=1S/C24H36N2O.C22H26N4O.C10H17NO2S.C8H15N3/c1-16(2)27-20-8-7-9-22-21(15-14-20)17(3)25-26-23(22)18-10-12-19(13-11-18)24(4,5)6;1-14(2)22(27)25-13-16-9-5-6-10-17(16)21-20(23-24-26(21)15(3)4)18-11-7-8-12-19(18)25;1-6(2)11-9(12)5-8(10(11)13)14-7(3)4;1-6(2)8-5-11(7(3)4)10-9-8/h10-13,16,20,22,25H,7-9,14-15H2,1-6H3;5-12,14-15,20-21H,13H2,1-4H3;6-8H,5H2,1-4H3;5-7H,1-4H3. The van der Waals surface area contributed by atoms with Crippen molar-refractivity contribution in [3.05, 3.63) is 124 Å². The van der Waals surface area contributed by atoms with E-state index >= 15 is 0 Å². The van der Waals surface area contributed by atoms with Crippen LogP contribution in [0.15, 0.2) is 106 Å². The number of benzene rings is 3. The van der Waals surface area contributed by atoms with E-state index in [1.807, 2.05) is 81.6 Å². The largest absolute Gasteiger partial charge is 0.376 e. The SMILES string of the molecule is CC(C)C(=O)N1Cc2ccccc2C2C(N=NN2C(C)C)c2ccccc21.CC(C)SC1CC(=O)N(C(C)C)C1=O.CC(C)c1cn(C(C)C)nn1.CC1=C2CCC(OC(C)C)CCCC2C(c2ccc(C(C)(C)C)cc2)=NN1. The number of nitrogens with zero attached hydrogens (tertiary/aromatic N) is 9. The first-order valence-corrected chi connectivity index (χ1v) is 30.1. The molecule has 2 fully saturated rings. The molecule has 9 rings (SSSR count). The summed E-state index contributed by atoms with van der Waals surface area (Å²) in [4.78, 5) is 39.7. The number of likely N-dealkylation sites (tertiary alicyclic amines) is 1. The van der Waals surface area contributed by atoms with Crippen molar-refractivity contribution in [2.75, 3.05) is 4.90 Å². The summed E-state index contributed by atoms with van der Waals surface area (Å²) in [5.74, 6) is 0.935. The number of hydrogen-bond acceptors (Lipinski definition) is 12. The summed E-state index contributed by atoms with van der Waals surface area (Å²) in [5.41, 5.74) is 15.5. The van der Waals surface area contributed by atoms with E-state index in [-0.39, 0.29) is 58.5 Å². The fourth-order valence-corrected chi connectivity index (χ4v) is 11.9. The van der Waals surface area contributed by atoms with Gasteiger partial charge in [-0.25, -0.2) is 4.68 Å². The van der Waals surface area contributed by atoms with Gasteiger partial charge in [0, 0.05) is 59.5 Å². The molecule has 5 atom stereocenters. The van der Waals surface area contributed by atoms with Gasteiger partial charge < -0.3 is 9.64 Å². The van der Waals surface area contributed by atoms with E-state index in [2.05, 4.69) is 163 Å². The van der Waals surface area contributed by atoms with Crippen LogP contribution in [0, 0.1) is 11.8 Å². The van der Waals surface area contributed by atoms with Crippen LogP contribution in [0.2, 0.25) is 0 Å². The van der Waals surface area contributed by atoms with E-state index in [0.29, 0.717) is 48.3 Å². The van der Waals surface area contributed by atoms with Crippen LogP contribution in [0.5, 0.6) is 0 Å². The van der Waals surface area contributed by atoms with Gasteiger partial charge in [-0.15, -0.1) is 16.9 Å². The highest BCUT2D eigenvalue weighted by atomic mass is 32.2. The molecule has 1 aromatic heterocycles. The molecule has 5 aliphatic rings. The van der Waals surface area contributed by atoms with E-state index < -0.39 is 0 Å². The Hall–Kier alpha value is -5.67. The predicted octanol–water partition coefficient (Wildman–Crippen LogP) is 14.6. The first kappa shape index (κ1) is 62.5. The molecule has 430 valence electrons. The molecule has 3 aromatic carbocycles. The van der Waals surface area contributed by atoms with Gasteiger partial charge in [0.25, 0.3) is 0 Å². The molecule has 0 bridgehead atoms. The predicted molar refractivity (Wildman–Crippen MR) is 323 cm³/mol. The van der Waals surface area contributed by atoms with Crippen LogP contribution in [0.25, 0.3) is 0 Å². The Kier molecular flexibility index (Phi) is 21.9. The summed E-state index contributed by atoms with van der Waals surface area (Å²) >= 11 is 1.58. The van der Waals surface area contributed by atoms with E-state index in [4.69, 9.17) is 9.84 Å². The molecule has 15 heteroatoms. The Morgan fingerprint density at radius 3 is 2.00 bits per heavy atom. The summed E-state index contributed by atoms with van der Waals surface area (Å²) in [7, 11) is 0. The van der Waals surface area contributed by atoms with E-state index in [9.17, 15) is 14.4 Å². The van der Waals surface area contributed by atoms with Crippen molar-refractivity contribution < 1.29 is 19.1 Å². The summed E-state index contributed by atoms with van der Waals surface area (Å²) in [6.07, 6.45) is 8.80. The zero-order valence-corrected chi connectivity index (χ0v) is 51.8. The Labute approximate surface area is 478 Å². The van der Waals surface area contributed by atoms with Gasteiger partial charge in [-0.05, 0) is 145 Å². The maximum Gasteiger partial charge on any atom is 0.243 e. The average molecular weight is 1100 g/mol. The molecule has 1 saturated carbocycles. The summed E-state index contributed by atoms with van der Waals surface area (Å²) in [6.45, 7) is 38.3. The van der Waals surface area contributed by atoms with Gasteiger partial charge in [0.05, 0.1) is 35.4 Å². The lowest BCUT2D eigenvalue weighted by atomic mass is 9.78. The highest BCUT2D eigenvalue weighted by molar-refractivity contribution is 8.01. The maximum absolute atomic E-state index is 13.1. The topological polar surface area (TPSA) is 150 Å². The van der Waals surface area contributed by atoms with Gasteiger partial charge in [-0.3, -0.25) is 29.7 Å². The second-order valence-corrected chi connectivity index (χ2v) is 26.5. The van der Waals surface area contributed by atoms with Crippen molar-refractivity contribution in [1.29, 1.82) is 0 Å². The van der Waals surface area contributed by atoms with E-state index in [1.165, 1.54) is 45.0 Å². The van der Waals surface area contributed by atoms with Crippen LogP contribution in [-0.4, -0.2) is 83.1 Å². The Morgan fingerprint density at radius 2 is 1.44 bits per heavy atom. The number of ether oxygens (including phenoxy) is 1. The number of anilines is 1. The minimum atomic E-state index is -0.148. The second kappa shape index (κ2) is 27.7. The minimum absolute atomic E-state index is 0.00670. The Bertz CT molecular complexity index is 2750.